The molecule has 0 aliphatic heterocycles. The fraction of sp³-hybridized carbons (Fsp3) is 0. The summed E-state index contributed by atoms with van der Waals surface area (Å²) < 4.78 is 15.9. The summed E-state index contributed by atoms with van der Waals surface area (Å²) in [5.41, 5.74) is 7.54. The van der Waals surface area contributed by atoms with Crippen LogP contribution in [0.4, 0.5) is 10.1 Å². The quantitative estimate of drug-likeness (QED) is 0.695. The molecule has 4 nitrogen and oxygen atoms in total. The Labute approximate surface area is 122 Å². The lowest BCUT2D eigenvalue weighted by Crippen LogP contribution is -2.01. The molecule has 0 saturated carbocycles. The maximum atomic E-state index is 14.4. The first-order chi connectivity index (χ1) is 9.61. The number of nitrogens with zero attached hydrogens (tertiary/aromatic N) is 3. The summed E-state index contributed by atoms with van der Waals surface area (Å²) in [6, 6.07) is 10.3. The molecule has 0 fully saturated rings. The van der Waals surface area contributed by atoms with Gasteiger partial charge in [0.2, 0.25) is 0 Å². The smallest absolute Gasteiger partial charge is 0.164 e. The molecule has 0 bridgehead atoms. The first-order valence-electron chi connectivity index (χ1n) is 5.73. The van der Waals surface area contributed by atoms with Crippen molar-refractivity contribution >= 4 is 32.5 Å². The first kappa shape index (κ1) is 12.6. The molecule has 0 aliphatic carbocycles. The molecule has 1 aromatic heterocycles. The molecule has 0 aliphatic rings. The van der Waals surface area contributed by atoms with E-state index in [0.717, 1.165) is 5.39 Å². The van der Waals surface area contributed by atoms with Gasteiger partial charge in [-0.05, 0) is 46.3 Å². The minimum atomic E-state index is -0.531. The molecule has 0 unspecified atom stereocenters. The number of nitrogen functional groups attached to an aromatic ring is 1. The molecule has 3 rings (SSSR count). The van der Waals surface area contributed by atoms with Crippen LogP contribution in [0.25, 0.3) is 16.6 Å². The average molecular weight is 331 g/mol. The Bertz CT molecular complexity index is 863. The number of hydrogen-bond acceptors (Lipinski definition) is 3. The zero-order valence-corrected chi connectivity index (χ0v) is 11.7. The number of anilines is 1. The molecule has 98 valence electrons. The normalized spacial score (nSPS) is 10.7. The fourth-order valence-corrected chi connectivity index (χ4v) is 2.44. The number of benzene rings is 2. The van der Waals surface area contributed by atoms with E-state index in [1.54, 1.807) is 24.4 Å². The van der Waals surface area contributed by atoms with Crippen LogP contribution in [0.1, 0.15) is 5.56 Å². The summed E-state index contributed by atoms with van der Waals surface area (Å²) in [4.78, 5) is 0. The van der Waals surface area contributed by atoms with E-state index in [1.165, 1.54) is 10.7 Å². The topological polar surface area (TPSA) is 67.6 Å². The van der Waals surface area contributed by atoms with Crippen LogP contribution >= 0.6 is 15.9 Å². The molecule has 2 aromatic carbocycles. The number of halogens is 2. The van der Waals surface area contributed by atoms with Crippen molar-refractivity contribution in [3.05, 3.63) is 52.4 Å². The van der Waals surface area contributed by atoms with Gasteiger partial charge in [-0.25, -0.2) is 9.07 Å². The van der Waals surface area contributed by atoms with E-state index in [-0.39, 0.29) is 15.7 Å². The maximum absolute atomic E-state index is 14.4. The van der Waals surface area contributed by atoms with Crippen LogP contribution < -0.4 is 5.73 Å². The van der Waals surface area contributed by atoms with Crippen LogP contribution in [0.5, 0.6) is 0 Å². The third-order valence-electron chi connectivity index (χ3n) is 3.01. The monoisotopic (exact) mass is 330 g/mol. The summed E-state index contributed by atoms with van der Waals surface area (Å²) >= 11 is 3.09. The zero-order valence-electron chi connectivity index (χ0n) is 10.1. The summed E-state index contributed by atoms with van der Waals surface area (Å²) in [6.07, 6.45) is 1.64. The Morgan fingerprint density at radius 1 is 1.30 bits per heavy atom. The minimum Gasteiger partial charge on any atom is -0.399 e. The fourth-order valence-electron chi connectivity index (χ4n) is 2.02. The zero-order chi connectivity index (χ0) is 14.3. The van der Waals surface area contributed by atoms with Gasteiger partial charge in [-0.2, -0.15) is 10.4 Å². The van der Waals surface area contributed by atoms with Crippen molar-refractivity contribution in [2.24, 2.45) is 0 Å². The van der Waals surface area contributed by atoms with E-state index >= 15 is 0 Å². The van der Waals surface area contributed by atoms with Gasteiger partial charge in [-0.1, -0.05) is 0 Å². The van der Waals surface area contributed by atoms with Gasteiger partial charge in [0.1, 0.15) is 11.8 Å². The van der Waals surface area contributed by atoms with Gasteiger partial charge in [0.15, 0.2) is 5.82 Å². The summed E-state index contributed by atoms with van der Waals surface area (Å²) in [7, 11) is 0. The summed E-state index contributed by atoms with van der Waals surface area (Å²) in [5.74, 6) is -0.531. The molecular formula is C14H8BrFN4. The van der Waals surface area contributed by atoms with Crippen LogP contribution in [0.15, 0.2) is 41.0 Å². The van der Waals surface area contributed by atoms with Crippen molar-refractivity contribution in [1.82, 2.24) is 9.78 Å². The van der Waals surface area contributed by atoms with Crippen LogP contribution in [0.2, 0.25) is 0 Å². The van der Waals surface area contributed by atoms with Gasteiger partial charge in [-0.3, -0.25) is 0 Å². The Balaban J connectivity index is 2.29. The van der Waals surface area contributed by atoms with Crippen LogP contribution in [-0.4, -0.2) is 9.78 Å². The molecule has 0 spiro atoms. The third kappa shape index (κ3) is 1.84. The standard InChI is InChI=1S/C14H8BrFN4/c15-13-8(6-17)2-4-11(14(13)16)20-12-5-10(18)3-1-9(12)7-19-20/h1-5,7H,18H2. The Morgan fingerprint density at radius 2 is 2.10 bits per heavy atom. The van der Waals surface area contributed by atoms with Crippen molar-refractivity contribution in [2.75, 3.05) is 5.73 Å². The number of nitrogens with two attached hydrogens (primary N) is 1. The number of hydrogen-bond donors (Lipinski definition) is 1. The molecule has 0 radical (unpaired) electrons. The highest BCUT2D eigenvalue weighted by molar-refractivity contribution is 9.10. The Morgan fingerprint density at radius 3 is 2.85 bits per heavy atom. The van der Waals surface area contributed by atoms with Crippen molar-refractivity contribution in [2.45, 2.75) is 0 Å². The second-order valence-electron chi connectivity index (χ2n) is 4.25. The van der Waals surface area contributed by atoms with Gasteiger partial charge in [0.05, 0.1) is 21.7 Å². The van der Waals surface area contributed by atoms with Gasteiger partial charge in [0, 0.05) is 11.1 Å². The molecule has 0 atom stereocenters. The Kier molecular flexibility index (Phi) is 2.92. The largest absolute Gasteiger partial charge is 0.399 e. The molecule has 0 amide bonds. The Hall–Kier alpha value is -2.39. The van der Waals surface area contributed by atoms with E-state index < -0.39 is 5.82 Å². The van der Waals surface area contributed by atoms with E-state index in [2.05, 4.69) is 21.0 Å². The van der Waals surface area contributed by atoms with Gasteiger partial charge < -0.3 is 5.73 Å². The van der Waals surface area contributed by atoms with Gasteiger partial charge in [0.25, 0.3) is 0 Å². The van der Waals surface area contributed by atoms with E-state index in [0.29, 0.717) is 11.2 Å². The third-order valence-corrected chi connectivity index (χ3v) is 3.78. The maximum Gasteiger partial charge on any atom is 0.164 e. The van der Waals surface area contributed by atoms with Crippen LogP contribution in [0.3, 0.4) is 0 Å². The second-order valence-corrected chi connectivity index (χ2v) is 5.04. The van der Waals surface area contributed by atoms with Crippen LogP contribution in [-0.2, 0) is 0 Å². The molecular weight excluding hydrogens is 323 g/mol. The first-order valence-corrected chi connectivity index (χ1v) is 6.53. The predicted octanol–water partition coefficient (Wildman–Crippen LogP) is 3.38. The summed E-state index contributed by atoms with van der Waals surface area (Å²) in [5, 5.41) is 13.9. The molecule has 1 heterocycles. The average Bonchev–Trinajstić information content (AvgIpc) is 2.85. The lowest BCUT2D eigenvalue weighted by molar-refractivity contribution is 0.606. The SMILES string of the molecule is N#Cc1ccc(-n2ncc3ccc(N)cc32)c(F)c1Br. The highest BCUT2D eigenvalue weighted by Crippen LogP contribution is 2.28. The number of fused-ring (bicyclic) bond motifs is 1. The lowest BCUT2D eigenvalue weighted by atomic mass is 10.2. The van der Waals surface area contributed by atoms with Crippen molar-refractivity contribution < 1.29 is 4.39 Å². The molecule has 6 heteroatoms. The molecule has 0 saturated heterocycles. The molecule has 20 heavy (non-hydrogen) atoms. The number of rotatable bonds is 1. The number of nitriles is 1. The van der Waals surface area contributed by atoms with E-state index in [9.17, 15) is 4.39 Å². The van der Waals surface area contributed by atoms with Crippen molar-refractivity contribution in [3.63, 3.8) is 0 Å². The molecule has 3 aromatic rings. The van der Waals surface area contributed by atoms with Crippen molar-refractivity contribution in [1.29, 1.82) is 5.26 Å². The highest BCUT2D eigenvalue weighted by atomic mass is 79.9. The number of aromatic nitrogens is 2. The van der Waals surface area contributed by atoms with E-state index in [1.807, 2.05) is 12.1 Å². The minimum absolute atomic E-state index is 0.130. The van der Waals surface area contributed by atoms with Gasteiger partial charge in [-0.15, -0.1) is 0 Å². The predicted molar refractivity (Wildman–Crippen MR) is 77.9 cm³/mol. The lowest BCUT2D eigenvalue weighted by Gasteiger charge is -2.07. The van der Waals surface area contributed by atoms with Gasteiger partial charge >= 0.3 is 0 Å². The highest BCUT2D eigenvalue weighted by Gasteiger charge is 2.15. The second kappa shape index (κ2) is 4.62. The van der Waals surface area contributed by atoms with Crippen LogP contribution in [0, 0.1) is 17.1 Å². The van der Waals surface area contributed by atoms with Crippen molar-refractivity contribution in [3.8, 4) is 11.8 Å². The molecule has 2 N–H and O–H groups in total. The van der Waals surface area contributed by atoms with E-state index in [4.69, 9.17) is 11.0 Å². The summed E-state index contributed by atoms with van der Waals surface area (Å²) in [6.45, 7) is 0.